The molecule has 4 rings (SSSR count). The zero-order valence-corrected chi connectivity index (χ0v) is 20.2. The molecule has 1 aromatic carbocycles. The first kappa shape index (κ1) is 23.1. The molecule has 0 spiro atoms. The topological polar surface area (TPSA) is 60.7 Å². The molecule has 1 aromatic heterocycles. The highest BCUT2D eigenvalue weighted by Gasteiger charge is 2.39. The smallest absolute Gasteiger partial charge is 0.191 e. The number of guanidine groups is 1. The largest absolute Gasteiger partial charge is 0.356 e. The second kappa shape index (κ2) is 10.7. The molecule has 2 fully saturated rings. The Balaban J connectivity index is 1.29. The summed E-state index contributed by atoms with van der Waals surface area (Å²) >= 11 is 0. The lowest BCUT2D eigenvalue weighted by molar-refractivity contribution is 0.0173. The van der Waals surface area contributed by atoms with Gasteiger partial charge in [-0.05, 0) is 84.4 Å². The Hall–Kier alpha value is -2.12. The van der Waals surface area contributed by atoms with Gasteiger partial charge in [0, 0.05) is 32.2 Å². The van der Waals surface area contributed by atoms with Crippen LogP contribution < -0.4 is 10.6 Å². The Morgan fingerprint density at radius 3 is 2.56 bits per heavy atom. The molecule has 0 aliphatic carbocycles. The molecule has 0 unspecified atom stereocenters. The summed E-state index contributed by atoms with van der Waals surface area (Å²) in [4.78, 5) is 14.4. The van der Waals surface area contributed by atoms with E-state index in [4.69, 9.17) is 0 Å². The molecule has 176 valence electrons. The quantitative estimate of drug-likeness (QED) is 0.395. The van der Waals surface area contributed by atoms with E-state index in [2.05, 4.69) is 73.2 Å². The predicted octanol–water partition coefficient (Wildman–Crippen LogP) is 2.85. The summed E-state index contributed by atoms with van der Waals surface area (Å²) in [6, 6.07) is 8.39. The molecule has 0 bridgehead atoms. The van der Waals surface area contributed by atoms with Crippen LogP contribution in [-0.4, -0.2) is 84.2 Å². The van der Waals surface area contributed by atoms with Gasteiger partial charge in [0.1, 0.15) is 5.82 Å². The molecule has 0 radical (unpaired) electrons. The van der Waals surface area contributed by atoms with Crippen LogP contribution in [0.25, 0.3) is 11.0 Å². The monoisotopic (exact) mass is 439 g/mol. The summed E-state index contributed by atoms with van der Waals surface area (Å²) in [5.74, 6) is 2.01. The number of fused-ring (bicyclic) bond motifs is 1. The van der Waals surface area contributed by atoms with Crippen molar-refractivity contribution in [3.63, 3.8) is 0 Å². The van der Waals surface area contributed by atoms with Gasteiger partial charge in [0.05, 0.1) is 11.0 Å². The standard InChI is InChI=1S/C25H41N7/c1-21-29-22-10-5-6-11-23(22)32(21)17-9-14-27-24(26-2)28-20-25(12-18-30(3)19-13-25)31-15-7-4-8-16-31/h5-6,10-11H,4,7-9,12-20H2,1-3H3,(H2,26,27,28). The molecule has 2 aliphatic heterocycles. The van der Waals surface area contributed by atoms with Gasteiger partial charge < -0.3 is 20.1 Å². The van der Waals surface area contributed by atoms with Crippen LogP contribution in [0.4, 0.5) is 0 Å². The summed E-state index contributed by atoms with van der Waals surface area (Å²) in [5.41, 5.74) is 2.56. The third-order valence-electron chi connectivity index (χ3n) is 7.45. The number of aryl methyl sites for hydroxylation is 2. The van der Waals surface area contributed by atoms with Gasteiger partial charge in [0.15, 0.2) is 5.96 Å². The number of benzene rings is 1. The molecular weight excluding hydrogens is 398 g/mol. The Kier molecular flexibility index (Phi) is 7.68. The molecule has 2 aromatic rings. The van der Waals surface area contributed by atoms with Crippen molar-refractivity contribution in [3.8, 4) is 0 Å². The number of aliphatic imine (C=N–C) groups is 1. The van der Waals surface area contributed by atoms with Crippen molar-refractivity contribution < 1.29 is 0 Å². The number of nitrogens with zero attached hydrogens (tertiary/aromatic N) is 5. The number of hydrogen-bond acceptors (Lipinski definition) is 4. The van der Waals surface area contributed by atoms with Crippen LogP contribution in [0.2, 0.25) is 0 Å². The number of hydrogen-bond donors (Lipinski definition) is 2. The molecule has 0 atom stereocenters. The van der Waals surface area contributed by atoms with Crippen molar-refractivity contribution in [2.45, 2.75) is 57.5 Å². The number of likely N-dealkylation sites (tertiary alicyclic amines) is 2. The molecular formula is C25H41N7. The lowest BCUT2D eigenvalue weighted by atomic mass is 9.84. The molecule has 3 heterocycles. The second-order valence-corrected chi connectivity index (χ2v) is 9.58. The third kappa shape index (κ3) is 5.26. The zero-order chi connectivity index (χ0) is 22.4. The van der Waals surface area contributed by atoms with Gasteiger partial charge in [0.25, 0.3) is 0 Å². The van der Waals surface area contributed by atoms with Crippen LogP contribution in [0, 0.1) is 6.92 Å². The van der Waals surface area contributed by atoms with Crippen LogP contribution >= 0.6 is 0 Å². The van der Waals surface area contributed by atoms with E-state index in [1.54, 1.807) is 0 Å². The molecule has 7 nitrogen and oxygen atoms in total. The first-order valence-electron chi connectivity index (χ1n) is 12.4. The highest BCUT2D eigenvalue weighted by atomic mass is 15.3. The fourth-order valence-electron chi connectivity index (χ4n) is 5.40. The van der Waals surface area contributed by atoms with E-state index < -0.39 is 0 Å². The van der Waals surface area contributed by atoms with Crippen LogP contribution in [0.3, 0.4) is 0 Å². The molecule has 2 N–H and O–H groups in total. The minimum absolute atomic E-state index is 0.261. The minimum atomic E-state index is 0.261. The van der Waals surface area contributed by atoms with E-state index >= 15 is 0 Å². The number of piperidine rings is 2. The van der Waals surface area contributed by atoms with Crippen LogP contribution in [0.5, 0.6) is 0 Å². The van der Waals surface area contributed by atoms with Gasteiger partial charge in [-0.25, -0.2) is 4.98 Å². The van der Waals surface area contributed by atoms with Crippen molar-refractivity contribution in [1.29, 1.82) is 0 Å². The third-order valence-corrected chi connectivity index (χ3v) is 7.45. The first-order chi connectivity index (χ1) is 15.6. The molecule has 2 saturated heterocycles. The van der Waals surface area contributed by atoms with Gasteiger partial charge in [-0.3, -0.25) is 9.89 Å². The summed E-state index contributed by atoms with van der Waals surface area (Å²) in [5, 5.41) is 7.23. The van der Waals surface area contributed by atoms with Crippen molar-refractivity contribution in [2.24, 2.45) is 4.99 Å². The fraction of sp³-hybridized carbons (Fsp3) is 0.680. The number of rotatable bonds is 7. The highest BCUT2D eigenvalue weighted by Crippen LogP contribution is 2.30. The summed E-state index contributed by atoms with van der Waals surface area (Å²) in [6.07, 6.45) is 7.57. The Morgan fingerprint density at radius 1 is 1.06 bits per heavy atom. The van der Waals surface area contributed by atoms with E-state index in [-0.39, 0.29) is 5.54 Å². The maximum absolute atomic E-state index is 4.68. The fourth-order valence-corrected chi connectivity index (χ4v) is 5.40. The highest BCUT2D eigenvalue weighted by molar-refractivity contribution is 5.79. The zero-order valence-electron chi connectivity index (χ0n) is 20.2. The summed E-state index contributed by atoms with van der Waals surface area (Å²) in [6.45, 7) is 9.78. The van der Waals surface area contributed by atoms with Crippen molar-refractivity contribution in [3.05, 3.63) is 30.1 Å². The maximum atomic E-state index is 4.68. The number of nitrogens with one attached hydrogen (secondary N) is 2. The second-order valence-electron chi connectivity index (χ2n) is 9.58. The van der Waals surface area contributed by atoms with Crippen LogP contribution in [-0.2, 0) is 6.54 Å². The Morgan fingerprint density at radius 2 is 1.81 bits per heavy atom. The lowest BCUT2D eigenvalue weighted by Crippen LogP contribution is -2.62. The van der Waals surface area contributed by atoms with Gasteiger partial charge in [0.2, 0.25) is 0 Å². The predicted molar refractivity (Wildman–Crippen MR) is 133 cm³/mol. The van der Waals surface area contributed by atoms with E-state index in [1.165, 1.54) is 63.8 Å². The molecule has 7 heteroatoms. The average Bonchev–Trinajstić information content (AvgIpc) is 3.15. The van der Waals surface area contributed by atoms with Crippen LogP contribution in [0.1, 0.15) is 44.3 Å². The van der Waals surface area contributed by atoms with Crippen LogP contribution in [0.15, 0.2) is 29.3 Å². The molecule has 32 heavy (non-hydrogen) atoms. The number of para-hydroxylation sites is 2. The first-order valence-corrected chi connectivity index (χ1v) is 12.4. The van der Waals surface area contributed by atoms with Gasteiger partial charge >= 0.3 is 0 Å². The SMILES string of the molecule is CN=C(NCCCn1c(C)nc2ccccc21)NCC1(N2CCCCC2)CCN(C)CC1. The van der Waals surface area contributed by atoms with E-state index in [1.807, 2.05) is 7.05 Å². The summed E-state index contributed by atoms with van der Waals surface area (Å²) in [7, 11) is 4.13. The average molecular weight is 440 g/mol. The maximum Gasteiger partial charge on any atom is 0.191 e. The molecule has 2 aliphatic rings. The number of imidazole rings is 1. The number of aromatic nitrogens is 2. The summed E-state index contributed by atoms with van der Waals surface area (Å²) < 4.78 is 2.32. The van der Waals surface area contributed by atoms with E-state index in [0.717, 1.165) is 43.4 Å². The normalized spacial score (nSPS) is 20.5. The van der Waals surface area contributed by atoms with E-state index in [9.17, 15) is 0 Å². The van der Waals surface area contributed by atoms with Gasteiger partial charge in [-0.15, -0.1) is 0 Å². The molecule has 0 amide bonds. The van der Waals surface area contributed by atoms with Crippen molar-refractivity contribution in [2.75, 3.05) is 53.4 Å². The Bertz CT molecular complexity index is 889. The Labute approximate surface area is 193 Å². The van der Waals surface area contributed by atoms with Gasteiger partial charge in [-0.1, -0.05) is 18.6 Å². The lowest BCUT2D eigenvalue weighted by Gasteiger charge is -2.50. The molecule has 0 saturated carbocycles. The van der Waals surface area contributed by atoms with E-state index in [0.29, 0.717) is 0 Å². The van der Waals surface area contributed by atoms with Gasteiger partial charge in [-0.2, -0.15) is 0 Å². The van der Waals surface area contributed by atoms with Crippen molar-refractivity contribution in [1.82, 2.24) is 30.0 Å². The van der Waals surface area contributed by atoms with Crippen molar-refractivity contribution >= 4 is 17.0 Å². The minimum Gasteiger partial charge on any atom is -0.356 e.